The molecular formula is C39H45IN8O8. The van der Waals surface area contributed by atoms with Crippen LogP contribution in [0.1, 0.15) is 32.4 Å². The number of carbonyl (C=O) groups is 2. The zero-order chi connectivity index (χ0) is 38.2. The van der Waals surface area contributed by atoms with Gasteiger partial charge in [-0.15, -0.1) is 24.0 Å². The van der Waals surface area contributed by atoms with Crippen molar-refractivity contribution in [2.24, 2.45) is 0 Å². The number of carboxylic acid groups (broad SMARTS) is 1. The van der Waals surface area contributed by atoms with Crippen LogP contribution in [-0.2, 0) is 9.59 Å². The molecule has 2 unspecified atom stereocenters. The Labute approximate surface area is 342 Å². The third kappa shape index (κ3) is 14.6. The second-order valence-corrected chi connectivity index (χ2v) is 11.8. The van der Waals surface area contributed by atoms with E-state index in [2.05, 4.69) is 40.0 Å². The van der Waals surface area contributed by atoms with E-state index in [1.165, 1.54) is 18.3 Å². The van der Waals surface area contributed by atoms with Crippen LogP contribution in [0.15, 0.2) is 97.3 Å². The minimum absolute atomic E-state index is 0. The lowest BCUT2D eigenvalue weighted by molar-refractivity contribution is -0.384. The van der Waals surface area contributed by atoms with Gasteiger partial charge >= 0.3 is 17.3 Å². The van der Waals surface area contributed by atoms with Crippen LogP contribution in [0.4, 0.5) is 23.0 Å². The molecule has 2 aliphatic heterocycles. The molecule has 0 saturated carbocycles. The number of halogens is 1. The number of carbonyl (C=O) groups excluding carboxylic acids is 1. The number of aliphatic carboxylic acids is 1. The Bertz CT molecular complexity index is 2020. The van der Waals surface area contributed by atoms with Crippen LogP contribution in [0.25, 0.3) is 0 Å². The average molecular weight is 881 g/mol. The van der Waals surface area contributed by atoms with Gasteiger partial charge in [-0.2, -0.15) is 0 Å². The summed E-state index contributed by atoms with van der Waals surface area (Å²) in [5, 5.41) is 33.6. The number of hydrogen-bond acceptors (Lipinski definition) is 11. The molecule has 4 heterocycles. The number of nitro groups is 2. The Morgan fingerprint density at radius 2 is 1.23 bits per heavy atom. The maximum atomic E-state index is 12.4. The van der Waals surface area contributed by atoms with Gasteiger partial charge in [0.25, 0.3) is 5.91 Å². The van der Waals surface area contributed by atoms with Crippen molar-refractivity contribution in [2.45, 2.75) is 33.4 Å². The second kappa shape index (κ2) is 24.3. The first-order chi connectivity index (χ1) is 25.5. The number of pyridine rings is 2. The zero-order valence-corrected chi connectivity index (χ0v) is 32.4. The Morgan fingerprint density at radius 1 is 0.750 bits per heavy atom. The van der Waals surface area contributed by atoms with E-state index in [0.29, 0.717) is 37.3 Å². The van der Waals surface area contributed by atoms with E-state index in [1.54, 1.807) is 35.4 Å². The highest BCUT2D eigenvalue weighted by atomic mass is 127. The molecule has 0 aliphatic carbocycles. The van der Waals surface area contributed by atoms with Gasteiger partial charge in [0.05, 0.1) is 9.85 Å². The topological polar surface area (TPSA) is 220 Å². The molecular weight excluding hydrogens is 835 g/mol. The van der Waals surface area contributed by atoms with E-state index < -0.39 is 10.9 Å². The predicted octanol–water partition coefficient (Wildman–Crippen LogP) is 4.42. The van der Waals surface area contributed by atoms with Crippen molar-refractivity contribution in [3.05, 3.63) is 129 Å². The van der Waals surface area contributed by atoms with E-state index >= 15 is 0 Å². The number of amides is 1. The summed E-state index contributed by atoms with van der Waals surface area (Å²) in [5.74, 6) is 9.54. The molecule has 2 aromatic carbocycles. The number of nitrogens with zero attached hydrogens (tertiary/aromatic N) is 7. The van der Waals surface area contributed by atoms with Gasteiger partial charge in [-0.25, -0.2) is 14.8 Å². The highest BCUT2D eigenvalue weighted by molar-refractivity contribution is 14.0. The highest BCUT2D eigenvalue weighted by Crippen LogP contribution is 2.27. The van der Waals surface area contributed by atoms with Gasteiger partial charge in [-0.05, 0) is 50.2 Å². The lowest BCUT2D eigenvalue weighted by Crippen LogP contribution is -2.54. The number of rotatable bonds is 4. The van der Waals surface area contributed by atoms with Crippen LogP contribution < -0.4 is 15.1 Å². The van der Waals surface area contributed by atoms with Crippen LogP contribution in [0.2, 0.25) is 0 Å². The number of anilines is 2. The number of nitrogens with one attached hydrogen (secondary N) is 1. The van der Waals surface area contributed by atoms with Crippen molar-refractivity contribution >= 4 is 58.9 Å². The van der Waals surface area contributed by atoms with Crippen molar-refractivity contribution in [2.75, 3.05) is 49.1 Å². The number of hydrogen-bond donors (Lipinski definition) is 2. The molecule has 2 atom stereocenters. The molecule has 2 saturated heterocycles. The number of piperazine rings is 2. The van der Waals surface area contributed by atoms with Gasteiger partial charge in [0.15, 0.2) is 0 Å². The Hall–Kier alpha value is -6.15. The maximum Gasteiger partial charge on any atom is 0.382 e. The lowest BCUT2D eigenvalue weighted by Gasteiger charge is -2.39. The monoisotopic (exact) mass is 880 g/mol. The molecule has 2 aromatic heterocycles. The Morgan fingerprint density at radius 3 is 1.68 bits per heavy atom. The largest absolute Gasteiger partial charge is 0.472 e. The average Bonchev–Trinajstić information content (AvgIpc) is 3.17. The van der Waals surface area contributed by atoms with E-state index in [0.717, 1.165) is 30.8 Å². The highest BCUT2D eigenvalue weighted by Gasteiger charge is 2.30. The second-order valence-electron chi connectivity index (χ2n) is 11.8. The molecule has 2 aliphatic rings. The van der Waals surface area contributed by atoms with Crippen molar-refractivity contribution in [1.82, 2.24) is 20.2 Å². The van der Waals surface area contributed by atoms with Gasteiger partial charge in [-0.3, -0.25) is 25.0 Å². The predicted molar refractivity (Wildman–Crippen MR) is 225 cm³/mol. The molecule has 1 amide bonds. The third-order valence-electron chi connectivity index (χ3n) is 7.96. The minimum atomic E-state index is -1.10. The summed E-state index contributed by atoms with van der Waals surface area (Å²) in [4.78, 5) is 57.4. The summed E-state index contributed by atoms with van der Waals surface area (Å²) >= 11 is 0. The van der Waals surface area contributed by atoms with Crippen LogP contribution in [0, 0.1) is 43.9 Å². The van der Waals surface area contributed by atoms with Crippen LogP contribution in [-0.4, -0.2) is 98.5 Å². The standard InChI is InChI=1S/C19H18N4O3.C10H14N4O2.C9H6O2.CH4.HI.H2O/c1-15-14-21(19-17(23(25)26)8-5-11-20-19)12-13-22(15)18(24)10-9-16-6-3-2-4-7-16;1-8-7-13(6-5-11-8)10-9(14(15)16)3-2-4-12-10;10-9(11)7-6-8-4-2-1-3-5-8;;;/h2-8,11,15H,12-14H2,1H3;2-4,8,11H,5-7H2,1H3;1-5H,(H,10,11);1H4;1H;1H2. The summed E-state index contributed by atoms with van der Waals surface area (Å²) in [6.07, 6.45) is 3.13. The van der Waals surface area contributed by atoms with Gasteiger partial charge < -0.3 is 30.6 Å². The van der Waals surface area contributed by atoms with Crippen molar-refractivity contribution < 1.29 is 30.0 Å². The van der Waals surface area contributed by atoms with Crippen molar-refractivity contribution in [3.63, 3.8) is 0 Å². The van der Waals surface area contributed by atoms with Crippen LogP contribution in [0.5, 0.6) is 0 Å². The Balaban J connectivity index is 0.000000449. The van der Waals surface area contributed by atoms with E-state index in [9.17, 15) is 29.8 Å². The van der Waals surface area contributed by atoms with Gasteiger partial charge in [0, 0.05) is 98.8 Å². The molecule has 296 valence electrons. The SMILES string of the molecule is C.CC1CN(c2ncccc2[N+](=O)[O-])CCN1.CC1CN(c2ncccc2[N+](=O)[O-])CCN1C(=O)C#Cc1ccccc1.I.O.O=C(O)C#Cc1ccccc1. The molecule has 6 rings (SSSR count). The summed E-state index contributed by atoms with van der Waals surface area (Å²) in [6.45, 7) is 7.67. The summed E-state index contributed by atoms with van der Waals surface area (Å²) in [7, 11) is 0. The van der Waals surface area contributed by atoms with E-state index in [4.69, 9.17) is 5.11 Å². The van der Waals surface area contributed by atoms with Gasteiger partial charge in [-0.1, -0.05) is 55.7 Å². The molecule has 16 nitrogen and oxygen atoms in total. The fourth-order valence-electron chi connectivity index (χ4n) is 5.49. The normalized spacial score (nSPS) is 15.2. The van der Waals surface area contributed by atoms with Gasteiger partial charge in [0.2, 0.25) is 11.6 Å². The molecule has 4 aromatic rings. The van der Waals surface area contributed by atoms with Crippen LogP contribution >= 0.6 is 24.0 Å². The lowest BCUT2D eigenvalue weighted by atomic mass is 10.1. The molecule has 0 spiro atoms. The smallest absolute Gasteiger partial charge is 0.382 e. The quantitative estimate of drug-likeness (QED) is 0.126. The first-order valence-electron chi connectivity index (χ1n) is 16.6. The third-order valence-corrected chi connectivity index (χ3v) is 7.96. The van der Waals surface area contributed by atoms with Crippen LogP contribution in [0.3, 0.4) is 0 Å². The molecule has 2 fully saturated rings. The molecule has 0 radical (unpaired) electrons. The van der Waals surface area contributed by atoms with E-state index in [-0.39, 0.29) is 65.1 Å². The summed E-state index contributed by atoms with van der Waals surface area (Å²) in [6, 6.07) is 24.6. The Kier molecular flexibility index (Phi) is 20.8. The first kappa shape index (κ1) is 47.9. The minimum Gasteiger partial charge on any atom is -0.472 e. The summed E-state index contributed by atoms with van der Waals surface area (Å²) < 4.78 is 0. The number of aromatic nitrogens is 2. The zero-order valence-electron chi connectivity index (χ0n) is 30.1. The first-order valence-corrected chi connectivity index (χ1v) is 16.6. The van der Waals surface area contributed by atoms with Crippen molar-refractivity contribution in [1.29, 1.82) is 0 Å². The molecule has 0 bridgehead atoms. The number of benzene rings is 2. The molecule has 56 heavy (non-hydrogen) atoms. The van der Waals surface area contributed by atoms with E-state index in [1.807, 2.05) is 71.2 Å². The maximum absolute atomic E-state index is 12.4. The van der Waals surface area contributed by atoms with Crippen molar-refractivity contribution in [3.8, 4) is 23.7 Å². The number of carboxylic acids is 1. The molecule has 4 N–H and O–H groups in total. The molecule has 17 heteroatoms. The fraction of sp³-hybridized carbons (Fsp3) is 0.282. The summed E-state index contributed by atoms with van der Waals surface area (Å²) in [5.41, 5.74) is 1.56. The van der Waals surface area contributed by atoms with Gasteiger partial charge in [0.1, 0.15) is 0 Å². The fourth-order valence-corrected chi connectivity index (χ4v) is 5.49.